The van der Waals surface area contributed by atoms with Gasteiger partial charge in [0.25, 0.3) is 0 Å². The average molecular weight is 245 g/mol. The fourth-order valence-electron chi connectivity index (χ4n) is 1.16. The maximum Gasteiger partial charge on any atom is 0.123 e. The molecule has 0 saturated carbocycles. The largest absolute Gasteiger partial charge is 0.207 e. The summed E-state index contributed by atoms with van der Waals surface area (Å²) in [5.74, 6) is -0.234. The first-order chi connectivity index (χ1) is 7.10. The fourth-order valence-corrected chi connectivity index (χ4v) is 2.43. The van der Waals surface area contributed by atoms with Gasteiger partial charge in [-0.25, -0.2) is 4.39 Å². The van der Waals surface area contributed by atoms with Gasteiger partial charge in [0.15, 0.2) is 0 Å². The minimum absolute atomic E-state index is 0.234. The van der Waals surface area contributed by atoms with Crippen molar-refractivity contribution in [2.75, 3.05) is 0 Å². The smallest absolute Gasteiger partial charge is 0.123 e. The van der Waals surface area contributed by atoms with Crippen molar-refractivity contribution in [3.63, 3.8) is 0 Å². The maximum absolute atomic E-state index is 12.8. The second-order valence-corrected chi connectivity index (χ2v) is 4.95. The molecule has 1 aromatic carbocycles. The normalized spacial score (nSPS) is 9.93. The van der Waals surface area contributed by atoms with Crippen LogP contribution in [0.2, 0.25) is 5.02 Å². The third-order valence-corrected chi connectivity index (χ3v) is 3.44. The van der Waals surface area contributed by atoms with Gasteiger partial charge in [-0.3, -0.25) is 0 Å². The molecule has 0 bridgehead atoms. The Balaban J connectivity index is 0.000000337. The number of fused-ring (bicyclic) bond motifs is 1. The summed E-state index contributed by atoms with van der Waals surface area (Å²) in [6.45, 7) is 6.19. The SMILES string of the molecule is CCC.Cc1sc2ccc(F)cc2c1Cl. The lowest BCUT2D eigenvalue weighted by Crippen LogP contribution is -1.70. The molecule has 0 unspecified atom stereocenters. The van der Waals surface area contributed by atoms with Crippen molar-refractivity contribution in [1.29, 1.82) is 0 Å². The molecule has 2 rings (SSSR count). The Labute approximate surface area is 98.7 Å². The fraction of sp³-hybridized carbons (Fsp3) is 0.333. The summed E-state index contributed by atoms with van der Waals surface area (Å²) in [6, 6.07) is 4.68. The summed E-state index contributed by atoms with van der Waals surface area (Å²) in [7, 11) is 0. The van der Waals surface area contributed by atoms with Crippen molar-refractivity contribution >= 4 is 33.0 Å². The third kappa shape index (κ3) is 2.93. The molecule has 0 amide bonds. The molecular weight excluding hydrogens is 231 g/mol. The molecule has 1 aromatic heterocycles. The average Bonchev–Trinajstić information content (AvgIpc) is 2.46. The Morgan fingerprint density at radius 3 is 2.53 bits per heavy atom. The molecule has 0 N–H and O–H groups in total. The number of halogens is 2. The number of thiophene rings is 1. The van der Waals surface area contributed by atoms with Crippen LogP contribution in [0.15, 0.2) is 18.2 Å². The van der Waals surface area contributed by atoms with Crippen LogP contribution in [-0.4, -0.2) is 0 Å². The number of rotatable bonds is 0. The van der Waals surface area contributed by atoms with E-state index in [0.29, 0.717) is 5.02 Å². The standard InChI is InChI=1S/C9H6ClFS.C3H8/c1-5-9(10)7-4-6(11)2-3-8(7)12-5;1-3-2/h2-4H,1H3;3H2,1-2H3. The summed E-state index contributed by atoms with van der Waals surface area (Å²) in [6.07, 6.45) is 1.25. The molecule has 0 spiro atoms. The van der Waals surface area contributed by atoms with Crippen LogP contribution < -0.4 is 0 Å². The van der Waals surface area contributed by atoms with Gasteiger partial charge >= 0.3 is 0 Å². The van der Waals surface area contributed by atoms with Gasteiger partial charge in [0.1, 0.15) is 5.82 Å². The zero-order valence-corrected chi connectivity index (χ0v) is 10.7. The van der Waals surface area contributed by atoms with Crippen LogP contribution in [0.1, 0.15) is 25.1 Å². The number of hydrogen-bond donors (Lipinski definition) is 0. The van der Waals surface area contributed by atoms with Crippen LogP contribution >= 0.6 is 22.9 Å². The second-order valence-electron chi connectivity index (χ2n) is 3.32. The first-order valence-corrected chi connectivity index (χ1v) is 6.13. The minimum Gasteiger partial charge on any atom is -0.207 e. The lowest BCUT2D eigenvalue weighted by Gasteiger charge is -1.89. The molecule has 0 fully saturated rings. The van der Waals surface area contributed by atoms with Crippen LogP contribution in [0.3, 0.4) is 0 Å². The first-order valence-electron chi connectivity index (χ1n) is 4.94. The summed E-state index contributed by atoms with van der Waals surface area (Å²) in [5, 5.41) is 1.49. The van der Waals surface area contributed by atoms with Crippen LogP contribution in [0.5, 0.6) is 0 Å². The van der Waals surface area contributed by atoms with Gasteiger partial charge in [0, 0.05) is 15.0 Å². The first kappa shape index (κ1) is 12.5. The molecule has 0 radical (unpaired) electrons. The van der Waals surface area contributed by atoms with E-state index in [2.05, 4.69) is 13.8 Å². The van der Waals surface area contributed by atoms with Gasteiger partial charge in [-0.15, -0.1) is 11.3 Å². The van der Waals surface area contributed by atoms with E-state index in [1.165, 1.54) is 18.6 Å². The Hall–Kier alpha value is -0.600. The summed E-state index contributed by atoms with van der Waals surface area (Å²) in [5.41, 5.74) is 0. The van der Waals surface area contributed by atoms with E-state index in [9.17, 15) is 4.39 Å². The van der Waals surface area contributed by atoms with E-state index >= 15 is 0 Å². The Morgan fingerprint density at radius 1 is 1.33 bits per heavy atom. The molecule has 0 aliphatic carbocycles. The van der Waals surface area contributed by atoms with Crippen molar-refractivity contribution in [3.8, 4) is 0 Å². The third-order valence-electron chi connectivity index (χ3n) is 1.75. The van der Waals surface area contributed by atoms with Gasteiger partial charge in [0.2, 0.25) is 0 Å². The Morgan fingerprint density at radius 2 is 1.93 bits per heavy atom. The van der Waals surface area contributed by atoms with E-state index < -0.39 is 0 Å². The summed E-state index contributed by atoms with van der Waals surface area (Å²) < 4.78 is 13.8. The highest BCUT2D eigenvalue weighted by Gasteiger charge is 2.06. The lowest BCUT2D eigenvalue weighted by molar-refractivity contribution is 0.630. The Kier molecular flexibility index (Phi) is 4.55. The van der Waals surface area contributed by atoms with Crippen molar-refractivity contribution in [3.05, 3.63) is 33.9 Å². The van der Waals surface area contributed by atoms with E-state index in [1.807, 2.05) is 6.92 Å². The quantitative estimate of drug-likeness (QED) is 0.581. The minimum atomic E-state index is -0.234. The zero-order chi connectivity index (χ0) is 11.4. The molecule has 0 atom stereocenters. The molecule has 2 aromatic rings. The van der Waals surface area contributed by atoms with E-state index in [-0.39, 0.29) is 5.82 Å². The van der Waals surface area contributed by atoms with Gasteiger partial charge in [-0.1, -0.05) is 31.9 Å². The topological polar surface area (TPSA) is 0 Å². The van der Waals surface area contributed by atoms with Crippen LogP contribution in [0.4, 0.5) is 4.39 Å². The molecule has 3 heteroatoms. The molecule has 0 aliphatic heterocycles. The molecule has 0 aliphatic rings. The summed E-state index contributed by atoms with van der Waals surface area (Å²) in [4.78, 5) is 1.04. The highest BCUT2D eigenvalue weighted by Crippen LogP contribution is 2.34. The monoisotopic (exact) mass is 244 g/mol. The predicted molar refractivity (Wildman–Crippen MR) is 67.5 cm³/mol. The zero-order valence-electron chi connectivity index (χ0n) is 9.10. The van der Waals surface area contributed by atoms with Gasteiger partial charge in [-0.05, 0) is 25.1 Å². The van der Waals surface area contributed by atoms with Crippen LogP contribution in [-0.2, 0) is 0 Å². The Bertz CT molecular complexity index is 448. The van der Waals surface area contributed by atoms with E-state index in [4.69, 9.17) is 11.6 Å². The highest BCUT2D eigenvalue weighted by atomic mass is 35.5. The van der Waals surface area contributed by atoms with Crippen molar-refractivity contribution in [2.45, 2.75) is 27.2 Å². The highest BCUT2D eigenvalue weighted by molar-refractivity contribution is 7.19. The number of hydrogen-bond acceptors (Lipinski definition) is 1. The molecule has 82 valence electrons. The molecular formula is C12H14ClFS. The number of aryl methyl sites for hydroxylation is 1. The maximum atomic E-state index is 12.8. The van der Waals surface area contributed by atoms with E-state index in [0.717, 1.165) is 15.0 Å². The molecule has 15 heavy (non-hydrogen) atoms. The van der Waals surface area contributed by atoms with Gasteiger partial charge < -0.3 is 0 Å². The summed E-state index contributed by atoms with van der Waals surface area (Å²) >= 11 is 7.55. The van der Waals surface area contributed by atoms with E-state index in [1.54, 1.807) is 17.4 Å². The van der Waals surface area contributed by atoms with Crippen molar-refractivity contribution < 1.29 is 4.39 Å². The van der Waals surface area contributed by atoms with Crippen molar-refractivity contribution in [2.24, 2.45) is 0 Å². The number of benzene rings is 1. The molecule has 0 nitrogen and oxygen atoms in total. The van der Waals surface area contributed by atoms with Crippen molar-refractivity contribution in [1.82, 2.24) is 0 Å². The van der Waals surface area contributed by atoms with Crippen LogP contribution in [0, 0.1) is 12.7 Å². The molecule has 0 saturated heterocycles. The van der Waals surface area contributed by atoms with Gasteiger partial charge in [0.05, 0.1) is 5.02 Å². The van der Waals surface area contributed by atoms with Crippen LogP contribution in [0.25, 0.3) is 10.1 Å². The second kappa shape index (κ2) is 5.47. The predicted octanol–water partition coefficient (Wildman–Crippen LogP) is 5.42. The molecule has 1 heterocycles. The lowest BCUT2D eigenvalue weighted by atomic mass is 10.2. The van der Waals surface area contributed by atoms with Gasteiger partial charge in [-0.2, -0.15) is 0 Å².